The highest BCUT2D eigenvalue weighted by Gasteiger charge is 2.19. The standard InChI is InChI=1S/C22H23ClN2OS/c1-15-9-16(2)11-19(10-15)24-22-25(13-20-7-4-8-26-20)21(14-27-22)17-5-3-6-18(23)12-17/h3,5-6,9-12,14,20H,4,7-8,13H2,1-2H3. The van der Waals surface area contributed by atoms with Crippen molar-refractivity contribution in [2.75, 3.05) is 6.61 Å². The summed E-state index contributed by atoms with van der Waals surface area (Å²) >= 11 is 7.90. The second-order valence-corrected chi connectivity index (χ2v) is 8.39. The maximum absolute atomic E-state index is 6.23. The van der Waals surface area contributed by atoms with Gasteiger partial charge in [0.15, 0.2) is 4.80 Å². The highest BCUT2D eigenvalue weighted by molar-refractivity contribution is 7.07. The van der Waals surface area contributed by atoms with Crippen molar-refractivity contribution < 1.29 is 4.74 Å². The molecular formula is C22H23ClN2OS. The zero-order valence-corrected chi connectivity index (χ0v) is 17.2. The molecule has 1 fully saturated rings. The largest absolute Gasteiger partial charge is 0.376 e. The quantitative estimate of drug-likeness (QED) is 0.537. The summed E-state index contributed by atoms with van der Waals surface area (Å²) in [5.74, 6) is 0. The lowest BCUT2D eigenvalue weighted by molar-refractivity contribution is 0.0968. The molecule has 0 N–H and O–H groups in total. The Kier molecular flexibility index (Phi) is 5.48. The first kappa shape index (κ1) is 18.5. The second kappa shape index (κ2) is 8.01. The van der Waals surface area contributed by atoms with Crippen LogP contribution in [0.15, 0.2) is 52.8 Å². The van der Waals surface area contributed by atoms with Gasteiger partial charge in [-0.2, -0.15) is 0 Å². The van der Waals surface area contributed by atoms with E-state index in [1.807, 2.05) is 18.2 Å². The summed E-state index contributed by atoms with van der Waals surface area (Å²) in [4.78, 5) is 5.96. The molecule has 27 heavy (non-hydrogen) atoms. The van der Waals surface area contributed by atoms with Gasteiger partial charge in [-0.3, -0.25) is 0 Å². The average Bonchev–Trinajstić information content (AvgIpc) is 3.25. The summed E-state index contributed by atoms with van der Waals surface area (Å²) in [5, 5.41) is 2.91. The van der Waals surface area contributed by atoms with Gasteiger partial charge in [0.1, 0.15) is 0 Å². The van der Waals surface area contributed by atoms with Gasteiger partial charge in [-0.15, -0.1) is 11.3 Å². The molecule has 0 bridgehead atoms. The van der Waals surface area contributed by atoms with E-state index in [2.05, 4.69) is 48.1 Å². The smallest absolute Gasteiger partial charge is 0.190 e. The summed E-state index contributed by atoms with van der Waals surface area (Å²) in [6, 6.07) is 14.4. The van der Waals surface area contributed by atoms with Crippen LogP contribution < -0.4 is 4.80 Å². The van der Waals surface area contributed by atoms with Crippen LogP contribution in [-0.2, 0) is 11.3 Å². The summed E-state index contributed by atoms with van der Waals surface area (Å²) in [6.45, 7) is 5.89. The van der Waals surface area contributed by atoms with Crippen molar-refractivity contribution in [3.63, 3.8) is 0 Å². The number of hydrogen-bond donors (Lipinski definition) is 0. The number of hydrogen-bond acceptors (Lipinski definition) is 3. The molecule has 1 atom stereocenters. The van der Waals surface area contributed by atoms with Crippen LogP contribution in [0.4, 0.5) is 5.69 Å². The molecule has 0 aliphatic carbocycles. The summed E-state index contributed by atoms with van der Waals surface area (Å²) in [7, 11) is 0. The van der Waals surface area contributed by atoms with Crippen LogP contribution >= 0.6 is 22.9 Å². The van der Waals surface area contributed by atoms with Crippen LogP contribution in [-0.4, -0.2) is 17.3 Å². The fraction of sp³-hybridized carbons (Fsp3) is 0.318. The van der Waals surface area contributed by atoms with Crippen LogP contribution in [0.25, 0.3) is 11.3 Å². The molecule has 2 aromatic carbocycles. The Bertz CT molecular complexity index is 995. The van der Waals surface area contributed by atoms with Gasteiger partial charge in [-0.25, -0.2) is 4.99 Å². The normalized spacial score (nSPS) is 17.6. The minimum Gasteiger partial charge on any atom is -0.376 e. The summed E-state index contributed by atoms with van der Waals surface area (Å²) in [6.07, 6.45) is 2.47. The van der Waals surface area contributed by atoms with Crippen LogP contribution in [0.3, 0.4) is 0 Å². The number of aromatic nitrogens is 1. The molecule has 1 saturated heterocycles. The minimum atomic E-state index is 0.246. The Morgan fingerprint density at radius 1 is 1.19 bits per heavy atom. The van der Waals surface area contributed by atoms with Crippen molar-refractivity contribution >= 4 is 28.6 Å². The molecule has 0 spiro atoms. The maximum Gasteiger partial charge on any atom is 0.190 e. The van der Waals surface area contributed by atoms with E-state index >= 15 is 0 Å². The Morgan fingerprint density at radius 3 is 2.70 bits per heavy atom. The van der Waals surface area contributed by atoms with Crippen molar-refractivity contribution in [2.45, 2.75) is 39.3 Å². The molecule has 0 radical (unpaired) electrons. The number of thiazole rings is 1. The third-order valence-electron chi connectivity index (χ3n) is 4.76. The monoisotopic (exact) mass is 398 g/mol. The Labute approximate surface area is 168 Å². The lowest BCUT2D eigenvalue weighted by Crippen LogP contribution is -2.24. The minimum absolute atomic E-state index is 0.246. The van der Waals surface area contributed by atoms with Gasteiger partial charge in [-0.1, -0.05) is 29.8 Å². The summed E-state index contributed by atoms with van der Waals surface area (Å²) < 4.78 is 8.18. The van der Waals surface area contributed by atoms with Crippen molar-refractivity contribution in [3.8, 4) is 11.3 Å². The van der Waals surface area contributed by atoms with E-state index in [0.717, 1.165) is 52.8 Å². The molecule has 3 nitrogen and oxygen atoms in total. The van der Waals surface area contributed by atoms with Gasteiger partial charge < -0.3 is 9.30 Å². The first-order chi connectivity index (χ1) is 13.1. The van der Waals surface area contributed by atoms with Gasteiger partial charge in [0.25, 0.3) is 0 Å². The first-order valence-corrected chi connectivity index (χ1v) is 10.5. The molecule has 0 saturated carbocycles. The summed E-state index contributed by atoms with van der Waals surface area (Å²) in [5.41, 5.74) is 5.70. The fourth-order valence-electron chi connectivity index (χ4n) is 3.59. The van der Waals surface area contributed by atoms with Crippen LogP contribution in [0, 0.1) is 13.8 Å². The number of benzene rings is 2. The maximum atomic E-state index is 6.23. The van der Waals surface area contributed by atoms with Gasteiger partial charge in [0, 0.05) is 22.6 Å². The van der Waals surface area contributed by atoms with E-state index in [9.17, 15) is 0 Å². The van der Waals surface area contributed by atoms with Gasteiger partial charge in [-0.05, 0) is 62.1 Å². The predicted octanol–water partition coefficient (Wildman–Crippen LogP) is 5.90. The van der Waals surface area contributed by atoms with E-state index in [-0.39, 0.29) is 6.10 Å². The van der Waals surface area contributed by atoms with E-state index in [1.54, 1.807) is 11.3 Å². The zero-order valence-electron chi connectivity index (χ0n) is 15.6. The zero-order chi connectivity index (χ0) is 18.8. The molecule has 0 amide bonds. The number of nitrogens with zero attached hydrogens (tertiary/aromatic N) is 2. The molecule has 3 aromatic rings. The van der Waals surface area contributed by atoms with Crippen LogP contribution in [0.1, 0.15) is 24.0 Å². The van der Waals surface area contributed by atoms with E-state index in [0.29, 0.717) is 0 Å². The molecule has 1 aliphatic rings. The Morgan fingerprint density at radius 2 is 2.00 bits per heavy atom. The van der Waals surface area contributed by atoms with Gasteiger partial charge in [0.05, 0.1) is 24.0 Å². The molecule has 1 unspecified atom stereocenters. The predicted molar refractivity (Wildman–Crippen MR) is 113 cm³/mol. The second-order valence-electron chi connectivity index (χ2n) is 7.12. The number of ether oxygens (including phenoxy) is 1. The van der Waals surface area contributed by atoms with E-state index < -0.39 is 0 Å². The first-order valence-electron chi connectivity index (χ1n) is 9.27. The molecule has 1 aliphatic heterocycles. The molecule has 5 heteroatoms. The van der Waals surface area contributed by atoms with E-state index in [1.165, 1.54) is 11.1 Å². The van der Waals surface area contributed by atoms with Crippen molar-refractivity contribution in [1.29, 1.82) is 0 Å². The van der Waals surface area contributed by atoms with E-state index in [4.69, 9.17) is 21.3 Å². The number of aryl methyl sites for hydroxylation is 2. The van der Waals surface area contributed by atoms with Crippen molar-refractivity contribution in [2.24, 2.45) is 4.99 Å². The average molecular weight is 399 g/mol. The molecule has 140 valence electrons. The topological polar surface area (TPSA) is 26.5 Å². The Hall–Kier alpha value is -1.88. The Balaban J connectivity index is 1.82. The van der Waals surface area contributed by atoms with Crippen molar-refractivity contribution in [1.82, 2.24) is 4.57 Å². The highest BCUT2D eigenvalue weighted by Crippen LogP contribution is 2.26. The molecule has 2 heterocycles. The molecule has 4 rings (SSSR count). The van der Waals surface area contributed by atoms with Gasteiger partial charge in [0.2, 0.25) is 0 Å². The van der Waals surface area contributed by atoms with Crippen LogP contribution in [0.2, 0.25) is 5.02 Å². The SMILES string of the molecule is Cc1cc(C)cc(N=c2scc(-c3cccc(Cl)c3)n2CC2CCCO2)c1. The third kappa shape index (κ3) is 4.34. The number of rotatable bonds is 4. The molecular weight excluding hydrogens is 376 g/mol. The van der Waals surface area contributed by atoms with Crippen LogP contribution in [0.5, 0.6) is 0 Å². The fourth-order valence-corrected chi connectivity index (χ4v) is 4.72. The van der Waals surface area contributed by atoms with Crippen molar-refractivity contribution in [3.05, 3.63) is 68.8 Å². The molecule has 1 aromatic heterocycles. The van der Waals surface area contributed by atoms with Gasteiger partial charge >= 0.3 is 0 Å². The lowest BCUT2D eigenvalue weighted by Gasteiger charge is -2.14. The highest BCUT2D eigenvalue weighted by atomic mass is 35.5. The number of halogens is 1. The third-order valence-corrected chi connectivity index (χ3v) is 5.86. The lowest BCUT2D eigenvalue weighted by atomic mass is 10.1.